The lowest BCUT2D eigenvalue weighted by Gasteiger charge is -2.34. The minimum absolute atomic E-state index is 0.00964. The van der Waals surface area contributed by atoms with Crippen LogP contribution in [0.5, 0.6) is 0 Å². The summed E-state index contributed by atoms with van der Waals surface area (Å²) in [6, 6.07) is 5.51. The number of rotatable bonds is 8. The summed E-state index contributed by atoms with van der Waals surface area (Å²) in [5, 5.41) is 6.11. The summed E-state index contributed by atoms with van der Waals surface area (Å²) < 4.78 is 46.0. The lowest BCUT2D eigenvalue weighted by Crippen LogP contribution is -2.44. The highest BCUT2D eigenvalue weighted by Crippen LogP contribution is 2.35. The zero-order chi connectivity index (χ0) is 26.4. The molecule has 1 aromatic carbocycles. The minimum atomic E-state index is -4.62. The molecule has 1 amide bonds. The number of nitrogens with one attached hydrogen (secondary N) is 2. The third-order valence-corrected chi connectivity index (χ3v) is 6.69. The maximum absolute atomic E-state index is 13.6. The summed E-state index contributed by atoms with van der Waals surface area (Å²) in [4.78, 5) is 26.2. The van der Waals surface area contributed by atoms with Gasteiger partial charge in [0.15, 0.2) is 0 Å². The number of likely N-dealkylation sites (N-methyl/N-ethyl adjacent to an activating group) is 1. The Morgan fingerprint density at radius 3 is 2.65 bits per heavy atom. The monoisotopic (exact) mass is 541 g/mol. The number of hydrogen-bond acceptors (Lipinski definition) is 8. The normalized spacial score (nSPS) is 17.6. The third-order valence-electron chi connectivity index (χ3n) is 6.38. The van der Waals surface area contributed by atoms with Crippen LogP contribution >= 0.6 is 11.6 Å². The van der Waals surface area contributed by atoms with Gasteiger partial charge in [-0.2, -0.15) is 18.2 Å². The van der Waals surface area contributed by atoms with Crippen molar-refractivity contribution >= 4 is 40.6 Å². The van der Waals surface area contributed by atoms with E-state index in [4.69, 9.17) is 16.3 Å². The van der Waals surface area contributed by atoms with Crippen LogP contribution in [0.4, 0.5) is 36.3 Å². The van der Waals surface area contributed by atoms with E-state index in [-0.39, 0.29) is 24.2 Å². The first kappa shape index (κ1) is 27.2. The highest BCUT2D eigenvalue weighted by atomic mass is 35.5. The largest absolute Gasteiger partial charge is 0.421 e. The maximum Gasteiger partial charge on any atom is 0.421 e. The van der Waals surface area contributed by atoms with Crippen molar-refractivity contribution in [2.24, 2.45) is 0 Å². The Morgan fingerprint density at radius 1 is 1.14 bits per heavy atom. The average molecular weight is 542 g/mol. The fraction of sp³-hybridized carbons (Fsp3) is 0.542. The zero-order valence-corrected chi connectivity index (χ0v) is 21.4. The van der Waals surface area contributed by atoms with Crippen molar-refractivity contribution in [1.29, 1.82) is 0 Å². The number of benzene rings is 1. The van der Waals surface area contributed by atoms with Crippen molar-refractivity contribution in [1.82, 2.24) is 19.8 Å². The number of piperazine rings is 1. The molecule has 1 aromatic heterocycles. The average Bonchev–Trinajstić information content (AvgIpc) is 3.07. The quantitative estimate of drug-likeness (QED) is 0.489. The molecule has 202 valence electrons. The van der Waals surface area contributed by atoms with E-state index in [2.05, 4.69) is 37.4 Å². The Kier molecular flexibility index (Phi) is 8.93. The topological polar surface area (TPSA) is 85.9 Å². The molecule has 2 aromatic rings. The molecule has 37 heavy (non-hydrogen) atoms. The van der Waals surface area contributed by atoms with Gasteiger partial charge in [0.1, 0.15) is 11.4 Å². The Morgan fingerprint density at radius 2 is 1.92 bits per heavy atom. The van der Waals surface area contributed by atoms with Crippen LogP contribution in [0.3, 0.4) is 0 Å². The highest BCUT2D eigenvalue weighted by molar-refractivity contribution is 6.33. The van der Waals surface area contributed by atoms with E-state index >= 15 is 0 Å². The number of amides is 1. The molecule has 4 rings (SSSR count). The van der Waals surface area contributed by atoms with Gasteiger partial charge in [-0.05, 0) is 31.7 Å². The van der Waals surface area contributed by atoms with Gasteiger partial charge in [-0.1, -0.05) is 11.6 Å². The molecule has 0 bridgehead atoms. The molecule has 2 aliphatic heterocycles. The van der Waals surface area contributed by atoms with E-state index in [1.165, 1.54) is 0 Å². The summed E-state index contributed by atoms with van der Waals surface area (Å²) in [6.07, 6.45) is -3.11. The summed E-state index contributed by atoms with van der Waals surface area (Å²) in [7, 11) is 2.08. The molecular weight excluding hydrogens is 511 g/mol. The lowest BCUT2D eigenvalue weighted by atomic mass is 10.2. The molecule has 9 nitrogen and oxygen atoms in total. The molecule has 0 radical (unpaired) electrons. The summed E-state index contributed by atoms with van der Waals surface area (Å²) in [5.41, 5.74) is 0.509. The first-order valence-electron chi connectivity index (χ1n) is 12.2. The number of aromatic nitrogens is 2. The van der Waals surface area contributed by atoms with Crippen LogP contribution in [0.25, 0.3) is 0 Å². The van der Waals surface area contributed by atoms with Crippen LogP contribution in [0.15, 0.2) is 24.4 Å². The van der Waals surface area contributed by atoms with Gasteiger partial charge >= 0.3 is 6.18 Å². The van der Waals surface area contributed by atoms with E-state index in [0.717, 1.165) is 38.1 Å². The second-order valence-corrected chi connectivity index (χ2v) is 9.46. The zero-order valence-electron chi connectivity index (χ0n) is 20.7. The molecule has 0 aliphatic carbocycles. The van der Waals surface area contributed by atoms with Crippen LogP contribution in [0.1, 0.15) is 18.4 Å². The number of ether oxygens (including phenoxy) is 1. The van der Waals surface area contributed by atoms with Crippen molar-refractivity contribution in [3.8, 4) is 0 Å². The van der Waals surface area contributed by atoms with Crippen molar-refractivity contribution in [3.63, 3.8) is 0 Å². The smallest absolute Gasteiger partial charge is 0.379 e. The van der Waals surface area contributed by atoms with Gasteiger partial charge in [-0.25, -0.2) is 4.98 Å². The Labute approximate surface area is 218 Å². The number of carbonyl (C=O) groups is 1. The van der Waals surface area contributed by atoms with Crippen LogP contribution in [-0.2, 0) is 15.7 Å². The molecule has 0 spiro atoms. The van der Waals surface area contributed by atoms with Crippen LogP contribution < -0.4 is 15.5 Å². The van der Waals surface area contributed by atoms with Crippen molar-refractivity contribution in [3.05, 3.63) is 35.0 Å². The van der Waals surface area contributed by atoms with E-state index in [1.54, 1.807) is 11.0 Å². The lowest BCUT2D eigenvalue weighted by molar-refractivity contribution is -0.137. The van der Waals surface area contributed by atoms with Crippen LogP contribution in [-0.4, -0.2) is 91.7 Å². The molecule has 2 saturated heterocycles. The van der Waals surface area contributed by atoms with Gasteiger partial charge in [0.25, 0.3) is 0 Å². The van der Waals surface area contributed by atoms with E-state index < -0.39 is 11.7 Å². The van der Waals surface area contributed by atoms with Gasteiger partial charge in [-0.3, -0.25) is 4.79 Å². The van der Waals surface area contributed by atoms with Crippen LogP contribution in [0.2, 0.25) is 5.02 Å². The summed E-state index contributed by atoms with van der Waals surface area (Å²) >= 11 is 6.48. The Bertz CT molecular complexity index is 1080. The first-order chi connectivity index (χ1) is 17.7. The van der Waals surface area contributed by atoms with E-state index in [0.29, 0.717) is 49.9 Å². The van der Waals surface area contributed by atoms with Crippen LogP contribution in [0, 0.1) is 0 Å². The molecule has 2 aliphatic rings. The first-order valence-corrected chi connectivity index (χ1v) is 12.6. The van der Waals surface area contributed by atoms with Gasteiger partial charge in [0.05, 0.1) is 30.3 Å². The number of hydrogen-bond donors (Lipinski definition) is 2. The minimum Gasteiger partial charge on any atom is -0.379 e. The third kappa shape index (κ3) is 7.36. The standard InChI is InChI=1S/C24H31ClF3N7O2/c1-33-8-10-34(11-9-33)17-3-4-20(19(25)15-17)31-23-30-16-18(24(26,27)28)22(32-23)29-6-2-7-35-12-14-37-13-5-21(35)36/h3-4,15-16H,2,5-14H2,1H3,(H2,29,30,31,32). The second kappa shape index (κ2) is 12.1. The highest BCUT2D eigenvalue weighted by Gasteiger charge is 2.35. The maximum atomic E-state index is 13.6. The molecule has 0 atom stereocenters. The van der Waals surface area contributed by atoms with Gasteiger partial charge in [0.2, 0.25) is 11.9 Å². The molecule has 0 unspecified atom stereocenters. The Balaban J connectivity index is 1.41. The van der Waals surface area contributed by atoms with E-state index in [9.17, 15) is 18.0 Å². The molecule has 13 heteroatoms. The predicted octanol–water partition coefficient (Wildman–Crippen LogP) is 3.70. The van der Waals surface area contributed by atoms with E-state index in [1.807, 2.05) is 12.1 Å². The number of alkyl halides is 3. The molecular formula is C24H31ClF3N7O2. The number of anilines is 4. The number of halogens is 4. The van der Waals surface area contributed by atoms with Crippen molar-refractivity contribution in [2.45, 2.75) is 19.0 Å². The van der Waals surface area contributed by atoms with Crippen molar-refractivity contribution in [2.75, 3.05) is 81.6 Å². The van der Waals surface area contributed by atoms with Gasteiger partial charge < -0.3 is 30.1 Å². The second-order valence-electron chi connectivity index (χ2n) is 9.06. The van der Waals surface area contributed by atoms with Gasteiger partial charge in [-0.15, -0.1) is 0 Å². The molecule has 3 heterocycles. The fourth-order valence-electron chi connectivity index (χ4n) is 4.20. The molecule has 0 saturated carbocycles. The summed E-state index contributed by atoms with van der Waals surface area (Å²) in [6.45, 7) is 5.62. The Hall–Kier alpha value is -2.83. The number of nitrogens with zero attached hydrogens (tertiary/aromatic N) is 5. The molecule has 2 N–H and O–H groups in total. The molecule has 2 fully saturated rings. The number of carbonyl (C=O) groups excluding carboxylic acids is 1. The van der Waals surface area contributed by atoms with Gasteiger partial charge in [0, 0.05) is 57.7 Å². The SMILES string of the molecule is CN1CCN(c2ccc(Nc3ncc(C(F)(F)F)c(NCCCN4CCOCCC4=O)n3)c(Cl)c2)CC1. The predicted molar refractivity (Wildman–Crippen MR) is 137 cm³/mol. The fourth-order valence-corrected chi connectivity index (χ4v) is 4.43. The summed E-state index contributed by atoms with van der Waals surface area (Å²) in [5.74, 6) is -0.358. The van der Waals surface area contributed by atoms with Crippen molar-refractivity contribution < 1.29 is 22.7 Å².